The van der Waals surface area contributed by atoms with Crippen LogP contribution in [0.5, 0.6) is 5.75 Å². The van der Waals surface area contributed by atoms with Gasteiger partial charge in [0.25, 0.3) is 0 Å². The predicted octanol–water partition coefficient (Wildman–Crippen LogP) is 2.21. The number of benzene rings is 1. The van der Waals surface area contributed by atoms with Gasteiger partial charge in [-0.05, 0) is 12.1 Å². The van der Waals surface area contributed by atoms with Crippen LogP contribution < -0.4 is 4.74 Å². The molecule has 1 aromatic carbocycles. The summed E-state index contributed by atoms with van der Waals surface area (Å²) in [6, 6.07) is 7.24. The SMILES string of the molecule is COc1cnc2c(N=C=O)cccc2c1. The van der Waals surface area contributed by atoms with Gasteiger partial charge in [0.1, 0.15) is 11.4 Å². The van der Waals surface area contributed by atoms with E-state index in [4.69, 9.17) is 4.74 Å². The molecule has 4 heteroatoms. The molecule has 0 aliphatic carbocycles. The first kappa shape index (κ1) is 9.37. The van der Waals surface area contributed by atoms with Gasteiger partial charge in [-0.2, -0.15) is 4.99 Å². The van der Waals surface area contributed by atoms with Gasteiger partial charge in [0.2, 0.25) is 6.08 Å². The number of carbonyl (C=O) groups excluding carboxylic acids is 1. The fourth-order valence-electron chi connectivity index (χ4n) is 1.38. The molecule has 74 valence electrons. The van der Waals surface area contributed by atoms with Crippen LogP contribution in [0.1, 0.15) is 0 Å². The third kappa shape index (κ3) is 1.71. The van der Waals surface area contributed by atoms with Gasteiger partial charge in [-0.1, -0.05) is 12.1 Å². The monoisotopic (exact) mass is 200 g/mol. The highest BCUT2D eigenvalue weighted by Crippen LogP contribution is 2.25. The third-order valence-electron chi connectivity index (χ3n) is 2.07. The molecule has 0 saturated heterocycles. The van der Waals surface area contributed by atoms with E-state index < -0.39 is 0 Å². The van der Waals surface area contributed by atoms with Crippen LogP contribution in [0.15, 0.2) is 35.5 Å². The maximum atomic E-state index is 10.2. The van der Waals surface area contributed by atoms with E-state index in [1.54, 1.807) is 25.4 Å². The Bertz CT molecular complexity index is 545. The highest BCUT2D eigenvalue weighted by molar-refractivity contribution is 5.90. The molecule has 2 aromatic rings. The smallest absolute Gasteiger partial charge is 0.240 e. The fourth-order valence-corrected chi connectivity index (χ4v) is 1.38. The molecule has 0 amide bonds. The fraction of sp³-hybridized carbons (Fsp3) is 0.0909. The standard InChI is InChI=1S/C11H8N2O2/c1-15-9-5-8-3-2-4-10(13-7-14)11(8)12-6-9/h2-6H,1H3. The van der Waals surface area contributed by atoms with Crippen molar-refractivity contribution in [3.63, 3.8) is 0 Å². The molecule has 0 atom stereocenters. The second-order valence-electron chi connectivity index (χ2n) is 2.93. The van der Waals surface area contributed by atoms with Crippen LogP contribution in [0.4, 0.5) is 5.69 Å². The van der Waals surface area contributed by atoms with Crippen LogP contribution in [-0.2, 0) is 4.79 Å². The average molecular weight is 200 g/mol. The molecular weight excluding hydrogens is 192 g/mol. The van der Waals surface area contributed by atoms with Crippen molar-refractivity contribution in [1.82, 2.24) is 4.98 Å². The van der Waals surface area contributed by atoms with E-state index in [9.17, 15) is 4.79 Å². The minimum absolute atomic E-state index is 0.519. The summed E-state index contributed by atoms with van der Waals surface area (Å²) in [5, 5.41) is 0.880. The number of nitrogens with zero attached hydrogens (tertiary/aromatic N) is 2. The average Bonchev–Trinajstić information content (AvgIpc) is 2.29. The van der Waals surface area contributed by atoms with E-state index in [1.165, 1.54) is 6.08 Å². The molecular formula is C11H8N2O2. The lowest BCUT2D eigenvalue weighted by Gasteiger charge is -2.02. The normalized spacial score (nSPS) is 9.67. The van der Waals surface area contributed by atoms with Gasteiger partial charge in [0.15, 0.2) is 0 Å². The lowest BCUT2D eigenvalue weighted by molar-refractivity contribution is 0.414. The van der Waals surface area contributed by atoms with Gasteiger partial charge in [0.05, 0.1) is 18.8 Å². The van der Waals surface area contributed by atoms with Gasteiger partial charge < -0.3 is 4.74 Å². The number of hydrogen-bond acceptors (Lipinski definition) is 4. The molecule has 0 N–H and O–H groups in total. The number of fused-ring (bicyclic) bond motifs is 1. The van der Waals surface area contributed by atoms with Gasteiger partial charge in [0, 0.05) is 5.39 Å². The molecule has 1 heterocycles. The number of methoxy groups -OCH3 is 1. The number of aromatic nitrogens is 1. The molecule has 0 unspecified atom stereocenters. The van der Waals surface area contributed by atoms with Crippen molar-refractivity contribution in [1.29, 1.82) is 0 Å². The van der Waals surface area contributed by atoms with E-state index >= 15 is 0 Å². The van der Waals surface area contributed by atoms with Crippen LogP contribution >= 0.6 is 0 Å². The molecule has 0 radical (unpaired) electrons. The van der Waals surface area contributed by atoms with E-state index in [1.807, 2.05) is 12.1 Å². The van der Waals surface area contributed by atoms with E-state index in [2.05, 4.69) is 9.98 Å². The largest absolute Gasteiger partial charge is 0.495 e. The third-order valence-corrected chi connectivity index (χ3v) is 2.07. The van der Waals surface area contributed by atoms with Crippen LogP contribution in [0.3, 0.4) is 0 Å². The number of ether oxygens (including phenoxy) is 1. The highest BCUT2D eigenvalue weighted by atomic mass is 16.5. The zero-order chi connectivity index (χ0) is 10.7. The summed E-state index contributed by atoms with van der Waals surface area (Å²) in [6.45, 7) is 0. The van der Waals surface area contributed by atoms with E-state index in [0.29, 0.717) is 17.0 Å². The molecule has 2 rings (SSSR count). The molecule has 0 fully saturated rings. The van der Waals surface area contributed by atoms with Gasteiger partial charge in [-0.25, -0.2) is 4.79 Å². The quantitative estimate of drug-likeness (QED) is 0.551. The minimum Gasteiger partial charge on any atom is -0.495 e. The van der Waals surface area contributed by atoms with Crippen molar-refractivity contribution in [2.24, 2.45) is 4.99 Å². The number of pyridine rings is 1. The molecule has 4 nitrogen and oxygen atoms in total. The Kier molecular flexibility index (Phi) is 2.44. The number of hydrogen-bond donors (Lipinski definition) is 0. The van der Waals surface area contributed by atoms with E-state index in [0.717, 1.165) is 5.39 Å². The number of isocyanates is 1. The Balaban J connectivity index is 2.71. The lowest BCUT2D eigenvalue weighted by Crippen LogP contribution is -1.85. The Morgan fingerprint density at radius 3 is 3.07 bits per heavy atom. The summed E-state index contributed by atoms with van der Waals surface area (Å²) in [7, 11) is 1.58. The minimum atomic E-state index is 0.519. The van der Waals surface area contributed by atoms with Crippen molar-refractivity contribution < 1.29 is 9.53 Å². The first-order valence-corrected chi connectivity index (χ1v) is 4.36. The summed E-state index contributed by atoms with van der Waals surface area (Å²) < 4.78 is 5.05. The zero-order valence-electron chi connectivity index (χ0n) is 8.10. The molecule has 0 aliphatic heterocycles. The summed E-state index contributed by atoms with van der Waals surface area (Å²) in [5.41, 5.74) is 1.19. The summed E-state index contributed by atoms with van der Waals surface area (Å²) in [4.78, 5) is 18.0. The highest BCUT2D eigenvalue weighted by Gasteiger charge is 2.02. The van der Waals surface area contributed by atoms with Crippen molar-refractivity contribution in [2.45, 2.75) is 0 Å². The molecule has 15 heavy (non-hydrogen) atoms. The molecule has 0 spiro atoms. The van der Waals surface area contributed by atoms with Crippen molar-refractivity contribution >= 4 is 22.7 Å². The maximum absolute atomic E-state index is 10.2. The number of aliphatic imine (C=N–C) groups is 1. The van der Waals surface area contributed by atoms with Gasteiger partial charge in [-0.3, -0.25) is 4.98 Å². The number of rotatable bonds is 2. The Labute approximate surface area is 86.2 Å². The van der Waals surface area contributed by atoms with Gasteiger partial charge in [-0.15, -0.1) is 0 Å². The Hall–Kier alpha value is -2.19. The molecule has 0 aliphatic rings. The second-order valence-corrected chi connectivity index (χ2v) is 2.93. The number of para-hydroxylation sites is 1. The van der Waals surface area contributed by atoms with E-state index in [-0.39, 0.29) is 0 Å². The summed E-state index contributed by atoms with van der Waals surface area (Å²) in [6.07, 6.45) is 3.10. The van der Waals surface area contributed by atoms with Gasteiger partial charge >= 0.3 is 0 Å². The molecule has 0 saturated carbocycles. The van der Waals surface area contributed by atoms with Crippen LogP contribution in [0, 0.1) is 0 Å². The maximum Gasteiger partial charge on any atom is 0.240 e. The van der Waals surface area contributed by atoms with Crippen LogP contribution in [0.2, 0.25) is 0 Å². The topological polar surface area (TPSA) is 51.6 Å². The predicted molar refractivity (Wildman–Crippen MR) is 56.1 cm³/mol. The van der Waals surface area contributed by atoms with Crippen molar-refractivity contribution in [3.05, 3.63) is 30.5 Å². The Morgan fingerprint density at radius 1 is 1.47 bits per heavy atom. The van der Waals surface area contributed by atoms with Crippen molar-refractivity contribution in [2.75, 3.05) is 7.11 Å². The summed E-state index contributed by atoms with van der Waals surface area (Å²) >= 11 is 0. The van der Waals surface area contributed by atoms with Crippen LogP contribution in [0.25, 0.3) is 10.9 Å². The first-order chi connectivity index (χ1) is 7.35. The Morgan fingerprint density at radius 2 is 2.33 bits per heavy atom. The zero-order valence-corrected chi connectivity index (χ0v) is 8.10. The molecule has 1 aromatic heterocycles. The van der Waals surface area contributed by atoms with Crippen molar-refractivity contribution in [3.8, 4) is 5.75 Å². The summed E-state index contributed by atoms with van der Waals surface area (Å²) in [5.74, 6) is 0.676. The first-order valence-electron chi connectivity index (χ1n) is 4.36. The second kappa shape index (κ2) is 3.90. The molecule has 0 bridgehead atoms. The van der Waals surface area contributed by atoms with Crippen LogP contribution in [-0.4, -0.2) is 18.2 Å². The lowest BCUT2D eigenvalue weighted by atomic mass is 10.2.